The molecule has 1 unspecified atom stereocenters. The van der Waals surface area contributed by atoms with E-state index in [1.165, 1.54) is 18.6 Å². The third kappa shape index (κ3) is 2.72. The normalized spacial score (nSPS) is 18.5. The van der Waals surface area contributed by atoms with Gasteiger partial charge in [0.15, 0.2) is 5.58 Å². The summed E-state index contributed by atoms with van der Waals surface area (Å²) >= 11 is 0. The Balaban J connectivity index is 1.64. The number of rotatable bonds is 5. The van der Waals surface area contributed by atoms with Crippen LogP contribution in [0, 0.1) is 16.0 Å². The van der Waals surface area contributed by atoms with E-state index >= 15 is 0 Å². The topological polar surface area (TPSA) is 93.2 Å². The molecule has 0 aliphatic carbocycles. The summed E-state index contributed by atoms with van der Waals surface area (Å²) in [6.45, 7) is 2.96. The number of nitrogens with zero attached hydrogens (tertiary/aromatic N) is 2. The van der Waals surface area contributed by atoms with E-state index in [-0.39, 0.29) is 5.69 Å². The van der Waals surface area contributed by atoms with E-state index in [0.29, 0.717) is 23.0 Å². The first kappa shape index (κ1) is 12.9. The van der Waals surface area contributed by atoms with Gasteiger partial charge in [0, 0.05) is 12.6 Å². The number of nitro groups is 1. The standard InChI is InChI=1S/C13H16N4O3/c18-17(19)10-1-2-11-12(7-10)20-13(16-11)15-6-4-9-3-5-14-8-9/h1-2,7,9,14H,3-6,8H2,(H,15,16). The summed E-state index contributed by atoms with van der Waals surface area (Å²) in [5.74, 6) is 0.702. The van der Waals surface area contributed by atoms with Crippen molar-refractivity contribution >= 4 is 22.8 Å². The minimum atomic E-state index is -0.442. The average Bonchev–Trinajstić information content (AvgIpc) is 3.06. The molecule has 1 aliphatic heterocycles. The fourth-order valence-electron chi connectivity index (χ4n) is 2.45. The maximum absolute atomic E-state index is 10.7. The Kier molecular flexibility index (Phi) is 3.51. The van der Waals surface area contributed by atoms with Crippen molar-refractivity contribution in [3.05, 3.63) is 28.3 Å². The van der Waals surface area contributed by atoms with Gasteiger partial charge in [-0.15, -0.1) is 0 Å². The van der Waals surface area contributed by atoms with E-state index in [9.17, 15) is 10.1 Å². The lowest BCUT2D eigenvalue weighted by Crippen LogP contribution is -2.12. The highest BCUT2D eigenvalue weighted by molar-refractivity contribution is 5.77. The van der Waals surface area contributed by atoms with E-state index in [2.05, 4.69) is 15.6 Å². The van der Waals surface area contributed by atoms with Crippen LogP contribution in [0.2, 0.25) is 0 Å². The van der Waals surface area contributed by atoms with E-state index < -0.39 is 4.92 Å². The van der Waals surface area contributed by atoms with Gasteiger partial charge >= 0.3 is 0 Å². The minimum absolute atomic E-state index is 0.0113. The molecule has 106 valence electrons. The van der Waals surface area contributed by atoms with Gasteiger partial charge < -0.3 is 15.1 Å². The van der Waals surface area contributed by atoms with Gasteiger partial charge in [0.1, 0.15) is 5.52 Å². The number of fused-ring (bicyclic) bond motifs is 1. The second-order valence-corrected chi connectivity index (χ2v) is 5.00. The number of nitro benzene ring substituents is 1. The zero-order valence-corrected chi connectivity index (χ0v) is 11.0. The SMILES string of the molecule is O=[N+]([O-])c1ccc2nc(NCCC3CCNC3)oc2c1. The molecule has 2 heterocycles. The van der Waals surface area contributed by atoms with Crippen LogP contribution in [0.4, 0.5) is 11.7 Å². The molecule has 1 atom stereocenters. The molecule has 1 aliphatic rings. The summed E-state index contributed by atoms with van der Waals surface area (Å²) in [5.41, 5.74) is 1.07. The zero-order chi connectivity index (χ0) is 13.9. The lowest BCUT2D eigenvalue weighted by molar-refractivity contribution is -0.384. The summed E-state index contributed by atoms with van der Waals surface area (Å²) in [6, 6.07) is 4.85. The van der Waals surface area contributed by atoms with Crippen LogP contribution in [0.1, 0.15) is 12.8 Å². The van der Waals surface area contributed by atoms with Crippen molar-refractivity contribution in [2.75, 3.05) is 25.0 Å². The third-order valence-electron chi connectivity index (χ3n) is 3.57. The maximum Gasteiger partial charge on any atom is 0.295 e. The van der Waals surface area contributed by atoms with Gasteiger partial charge in [0.25, 0.3) is 11.7 Å². The Morgan fingerprint density at radius 3 is 3.20 bits per heavy atom. The Morgan fingerprint density at radius 2 is 2.45 bits per heavy atom. The van der Waals surface area contributed by atoms with Gasteiger partial charge in [0.05, 0.1) is 11.0 Å². The summed E-state index contributed by atoms with van der Waals surface area (Å²) in [6.07, 6.45) is 2.27. The summed E-state index contributed by atoms with van der Waals surface area (Å²) in [7, 11) is 0. The Labute approximate surface area is 115 Å². The van der Waals surface area contributed by atoms with Gasteiger partial charge in [-0.25, -0.2) is 0 Å². The second-order valence-electron chi connectivity index (χ2n) is 5.00. The average molecular weight is 276 g/mol. The van der Waals surface area contributed by atoms with Crippen LogP contribution in [0.5, 0.6) is 0 Å². The van der Waals surface area contributed by atoms with Crippen LogP contribution in [0.25, 0.3) is 11.1 Å². The van der Waals surface area contributed by atoms with Gasteiger partial charge in [-0.05, 0) is 37.9 Å². The van der Waals surface area contributed by atoms with E-state index in [1.807, 2.05) is 0 Å². The van der Waals surface area contributed by atoms with Crippen molar-refractivity contribution in [3.63, 3.8) is 0 Å². The van der Waals surface area contributed by atoms with Crippen LogP contribution in [-0.2, 0) is 0 Å². The highest BCUT2D eigenvalue weighted by Crippen LogP contribution is 2.23. The van der Waals surface area contributed by atoms with Gasteiger partial charge in [-0.3, -0.25) is 10.1 Å². The first-order valence-corrected chi connectivity index (χ1v) is 6.72. The number of hydrogen-bond acceptors (Lipinski definition) is 6. The minimum Gasteiger partial charge on any atom is -0.423 e. The van der Waals surface area contributed by atoms with E-state index in [1.54, 1.807) is 6.07 Å². The summed E-state index contributed by atoms with van der Waals surface area (Å²) < 4.78 is 5.48. The lowest BCUT2D eigenvalue weighted by atomic mass is 10.1. The van der Waals surface area contributed by atoms with E-state index in [4.69, 9.17) is 4.42 Å². The number of non-ortho nitro benzene ring substituents is 1. The smallest absolute Gasteiger partial charge is 0.295 e. The van der Waals surface area contributed by atoms with Crippen molar-refractivity contribution in [1.82, 2.24) is 10.3 Å². The molecular weight excluding hydrogens is 260 g/mol. The number of hydrogen-bond donors (Lipinski definition) is 2. The first-order valence-electron chi connectivity index (χ1n) is 6.72. The molecular formula is C13H16N4O3. The maximum atomic E-state index is 10.7. The van der Waals surface area contributed by atoms with Crippen molar-refractivity contribution in [2.45, 2.75) is 12.8 Å². The molecule has 0 bridgehead atoms. The van der Waals surface area contributed by atoms with Crippen LogP contribution in [-0.4, -0.2) is 29.5 Å². The fourth-order valence-corrected chi connectivity index (χ4v) is 2.45. The quantitative estimate of drug-likeness (QED) is 0.642. The number of anilines is 1. The first-order chi connectivity index (χ1) is 9.72. The largest absolute Gasteiger partial charge is 0.423 e. The van der Waals surface area contributed by atoms with Gasteiger partial charge in [-0.1, -0.05) is 0 Å². The molecule has 0 radical (unpaired) electrons. The molecule has 2 aromatic rings. The van der Waals surface area contributed by atoms with Crippen LogP contribution in [0.3, 0.4) is 0 Å². The molecule has 2 N–H and O–H groups in total. The number of benzene rings is 1. The molecule has 0 saturated carbocycles. The molecule has 1 saturated heterocycles. The van der Waals surface area contributed by atoms with Gasteiger partial charge in [-0.2, -0.15) is 4.98 Å². The third-order valence-corrected chi connectivity index (χ3v) is 3.57. The molecule has 20 heavy (non-hydrogen) atoms. The number of aromatic nitrogens is 1. The monoisotopic (exact) mass is 276 g/mol. The predicted octanol–water partition coefficient (Wildman–Crippen LogP) is 2.15. The number of nitrogens with one attached hydrogen (secondary N) is 2. The fraction of sp³-hybridized carbons (Fsp3) is 0.462. The molecule has 7 heteroatoms. The molecule has 1 aromatic heterocycles. The molecule has 1 aromatic carbocycles. The molecule has 0 amide bonds. The predicted molar refractivity (Wildman–Crippen MR) is 74.7 cm³/mol. The molecule has 3 rings (SSSR count). The molecule has 0 spiro atoms. The van der Waals surface area contributed by atoms with Crippen molar-refractivity contribution in [3.8, 4) is 0 Å². The van der Waals surface area contributed by atoms with E-state index in [0.717, 1.165) is 26.1 Å². The van der Waals surface area contributed by atoms with Crippen LogP contribution < -0.4 is 10.6 Å². The van der Waals surface area contributed by atoms with Gasteiger partial charge in [0.2, 0.25) is 0 Å². The van der Waals surface area contributed by atoms with Crippen molar-refractivity contribution in [1.29, 1.82) is 0 Å². The Morgan fingerprint density at radius 1 is 1.55 bits per heavy atom. The van der Waals surface area contributed by atoms with Crippen molar-refractivity contribution in [2.24, 2.45) is 5.92 Å². The molecule has 1 fully saturated rings. The highest BCUT2D eigenvalue weighted by atomic mass is 16.6. The highest BCUT2D eigenvalue weighted by Gasteiger charge is 2.15. The van der Waals surface area contributed by atoms with Crippen LogP contribution >= 0.6 is 0 Å². The summed E-state index contributed by atoms with van der Waals surface area (Å²) in [5, 5.41) is 17.2. The lowest BCUT2D eigenvalue weighted by Gasteiger charge is -2.07. The summed E-state index contributed by atoms with van der Waals surface area (Å²) in [4.78, 5) is 14.5. The second kappa shape index (κ2) is 5.46. The molecule has 7 nitrogen and oxygen atoms in total. The Bertz CT molecular complexity index is 619. The van der Waals surface area contributed by atoms with Crippen LogP contribution in [0.15, 0.2) is 22.6 Å². The van der Waals surface area contributed by atoms with Crippen molar-refractivity contribution < 1.29 is 9.34 Å². The zero-order valence-electron chi connectivity index (χ0n) is 11.0. The number of oxazole rings is 1. The Hall–Kier alpha value is -2.15.